The molecule has 0 aromatic heterocycles. The van der Waals surface area contributed by atoms with Crippen LogP contribution < -0.4 is 10.2 Å². The first kappa shape index (κ1) is 20.7. The number of carbonyl (C=O) groups excluding carboxylic acids is 3. The van der Waals surface area contributed by atoms with Gasteiger partial charge >= 0.3 is 6.03 Å². The van der Waals surface area contributed by atoms with E-state index in [4.69, 9.17) is 0 Å². The lowest BCUT2D eigenvalue weighted by atomic mass is 9.92. The minimum Gasteiger partial charge on any atom is -0.319 e. The van der Waals surface area contributed by atoms with Gasteiger partial charge in [0.1, 0.15) is 12.1 Å². The molecule has 1 N–H and O–H groups in total. The first-order chi connectivity index (χ1) is 15.3. The average molecular weight is 454 g/mol. The molecule has 32 heavy (non-hydrogen) atoms. The molecule has 4 amide bonds. The summed E-state index contributed by atoms with van der Waals surface area (Å²) in [4.78, 5) is 42.0. The average Bonchev–Trinajstić information content (AvgIpc) is 3.40. The monoisotopic (exact) mass is 453 g/mol. The third-order valence-corrected chi connectivity index (χ3v) is 8.34. The van der Waals surface area contributed by atoms with Gasteiger partial charge in [0, 0.05) is 5.69 Å². The van der Waals surface area contributed by atoms with Gasteiger partial charge in [-0.3, -0.25) is 14.5 Å². The number of anilines is 1. The van der Waals surface area contributed by atoms with E-state index in [9.17, 15) is 22.8 Å². The number of imide groups is 1. The summed E-state index contributed by atoms with van der Waals surface area (Å²) >= 11 is 0. The highest BCUT2D eigenvalue weighted by Gasteiger charge is 2.55. The van der Waals surface area contributed by atoms with Crippen LogP contribution in [0.5, 0.6) is 0 Å². The normalized spacial score (nSPS) is 25.8. The molecule has 1 spiro atoms. The molecule has 2 aromatic carbocycles. The fraction of sp³-hybridized carbons (Fsp3) is 0.348. The van der Waals surface area contributed by atoms with Crippen LogP contribution in [0.1, 0.15) is 24.0 Å². The number of hydrogen-bond donors (Lipinski definition) is 1. The highest BCUT2D eigenvalue weighted by molar-refractivity contribution is 7.91. The summed E-state index contributed by atoms with van der Waals surface area (Å²) in [6, 6.07) is 15.1. The Bertz CT molecular complexity index is 1210. The van der Waals surface area contributed by atoms with E-state index < -0.39 is 45.8 Å². The van der Waals surface area contributed by atoms with E-state index in [0.717, 1.165) is 16.0 Å². The minimum atomic E-state index is -3.24. The molecule has 2 aromatic rings. The van der Waals surface area contributed by atoms with Crippen molar-refractivity contribution in [3.63, 3.8) is 0 Å². The van der Waals surface area contributed by atoms with Crippen molar-refractivity contribution in [3.05, 3.63) is 65.7 Å². The topological polar surface area (TPSA) is 104 Å². The second-order valence-electron chi connectivity index (χ2n) is 8.54. The van der Waals surface area contributed by atoms with Crippen LogP contribution in [0.15, 0.2) is 54.6 Å². The Balaban J connectivity index is 1.43. The van der Waals surface area contributed by atoms with Gasteiger partial charge in [-0.05, 0) is 42.5 Å². The number of fused-ring (bicyclic) bond motifs is 2. The zero-order chi connectivity index (χ0) is 22.5. The smallest absolute Gasteiger partial charge is 0.319 e. The molecule has 2 heterocycles. The molecule has 2 fully saturated rings. The van der Waals surface area contributed by atoms with Crippen molar-refractivity contribution in [3.8, 4) is 0 Å². The molecule has 2 atom stereocenters. The molecule has 2 saturated heterocycles. The summed E-state index contributed by atoms with van der Waals surface area (Å²) < 4.78 is 24.1. The maximum atomic E-state index is 13.4. The molecule has 0 saturated carbocycles. The maximum Gasteiger partial charge on any atom is 0.325 e. The molecule has 166 valence electrons. The van der Waals surface area contributed by atoms with E-state index in [2.05, 4.69) is 5.32 Å². The number of hydrogen-bond acceptors (Lipinski definition) is 5. The standard InChI is InChI=1S/C23H23N3O5S/c27-20(26(17-7-2-1-3-8-17)18-11-13-32(30,31)15-18)14-25-21(28)23(24-22(25)29)12-10-16-6-4-5-9-19(16)23/h1-9,18H,10-15H2,(H,24,29)/t18-,23+/m0/s1. The number of benzene rings is 2. The number of para-hydroxylation sites is 1. The summed E-state index contributed by atoms with van der Waals surface area (Å²) in [5.41, 5.74) is 1.20. The molecular weight excluding hydrogens is 430 g/mol. The van der Waals surface area contributed by atoms with Crippen molar-refractivity contribution in [1.82, 2.24) is 10.2 Å². The number of carbonyl (C=O) groups is 3. The van der Waals surface area contributed by atoms with Crippen LogP contribution in [0.2, 0.25) is 0 Å². The van der Waals surface area contributed by atoms with Crippen LogP contribution in [0.4, 0.5) is 10.5 Å². The third-order valence-electron chi connectivity index (χ3n) is 6.59. The number of nitrogens with one attached hydrogen (secondary N) is 1. The largest absolute Gasteiger partial charge is 0.325 e. The molecule has 2 aliphatic heterocycles. The molecule has 5 rings (SSSR count). The Labute approximate surface area is 186 Å². The van der Waals surface area contributed by atoms with Crippen LogP contribution in [-0.4, -0.2) is 55.3 Å². The summed E-state index contributed by atoms with van der Waals surface area (Å²) in [7, 11) is -3.24. The van der Waals surface area contributed by atoms with E-state index in [0.29, 0.717) is 24.9 Å². The van der Waals surface area contributed by atoms with Gasteiger partial charge in [0.15, 0.2) is 9.84 Å². The zero-order valence-electron chi connectivity index (χ0n) is 17.4. The molecule has 0 unspecified atom stereocenters. The second kappa shape index (κ2) is 7.44. The summed E-state index contributed by atoms with van der Waals surface area (Å²) in [5.74, 6) is -1.04. The Morgan fingerprint density at radius 1 is 1.09 bits per heavy atom. The summed E-state index contributed by atoms with van der Waals surface area (Å²) in [6.07, 6.45) is 1.44. The fourth-order valence-corrected chi connectivity index (χ4v) is 6.77. The van der Waals surface area contributed by atoms with Crippen molar-refractivity contribution in [1.29, 1.82) is 0 Å². The predicted octanol–water partition coefficient (Wildman–Crippen LogP) is 1.60. The van der Waals surface area contributed by atoms with Crippen LogP contribution >= 0.6 is 0 Å². The van der Waals surface area contributed by atoms with Crippen molar-refractivity contribution in [2.24, 2.45) is 0 Å². The summed E-state index contributed by atoms with van der Waals surface area (Å²) in [6.45, 7) is -0.444. The highest BCUT2D eigenvalue weighted by Crippen LogP contribution is 2.41. The minimum absolute atomic E-state index is 0.0112. The number of nitrogens with zero attached hydrogens (tertiary/aromatic N) is 2. The number of urea groups is 1. The van der Waals surface area contributed by atoms with Gasteiger partial charge in [0.25, 0.3) is 5.91 Å². The number of amides is 4. The summed E-state index contributed by atoms with van der Waals surface area (Å²) in [5, 5.41) is 2.82. The van der Waals surface area contributed by atoms with Gasteiger partial charge in [-0.2, -0.15) is 0 Å². The van der Waals surface area contributed by atoms with Gasteiger partial charge in [0.05, 0.1) is 17.5 Å². The second-order valence-corrected chi connectivity index (χ2v) is 10.8. The molecule has 0 radical (unpaired) electrons. The van der Waals surface area contributed by atoms with Gasteiger partial charge in [0.2, 0.25) is 5.91 Å². The van der Waals surface area contributed by atoms with E-state index in [1.807, 2.05) is 24.3 Å². The van der Waals surface area contributed by atoms with Gasteiger partial charge in [-0.15, -0.1) is 0 Å². The Morgan fingerprint density at radius 2 is 1.81 bits per heavy atom. The third kappa shape index (κ3) is 3.28. The highest BCUT2D eigenvalue weighted by atomic mass is 32.2. The lowest BCUT2D eigenvalue weighted by Crippen LogP contribution is -2.48. The van der Waals surface area contributed by atoms with Crippen molar-refractivity contribution in [2.45, 2.75) is 30.8 Å². The first-order valence-corrected chi connectivity index (χ1v) is 12.4. The van der Waals surface area contributed by atoms with Gasteiger partial charge in [-0.25, -0.2) is 13.2 Å². The van der Waals surface area contributed by atoms with E-state index in [1.165, 1.54) is 4.90 Å². The van der Waals surface area contributed by atoms with Gasteiger partial charge in [-0.1, -0.05) is 42.5 Å². The van der Waals surface area contributed by atoms with Crippen molar-refractivity contribution in [2.75, 3.05) is 23.0 Å². The zero-order valence-corrected chi connectivity index (χ0v) is 18.2. The first-order valence-electron chi connectivity index (χ1n) is 10.6. The predicted molar refractivity (Wildman–Crippen MR) is 118 cm³/mol. The van der Waals surface area contributed by atoms with Crippen LogP contribution in [-0.2, 0) is 31.4 Å². The molecule has 0 bridgehead atoms. The Hall–Kier alpha value is -3.20. The SMILES string of the molecule is O=C1N[C@@]2(CCc3ccccc32)C(=O)N1CC(=O)N(c1ccccc1)[C@H]1CCS(=O)(=O)C1. The van der Waals surface area contributed by atoms with Crippen LogP contribution in [0, 0.1) is 0 Å². The van der Waals surface area contributed by atoms with Crippen molar-refractivity contribution >= 4 is 33.4 Å². The van der Waals surface area contributed by atoms with E-state index >= 15 is 0 Å². The number of sulfone groups is 1. The molecule has 3 aliphatic rings. The van der Waals surface area contributed by atoms with Gasteiger partial charge < -0.3 is 10.2 Å². The van der Waals surface area contributed by atoms with E-state index in [1.54, 1.807) is 30.3 Å². The maximum absolute atomic E-state index is 13.4. The lowest BCUT2D eigenvalue weighted by Gasteiger charge is -2.30. The van der Waals surface area contributed by atoms with E-state index in [-0.39, 0.29) is 11.5 Å². The number of rotatable bonds is 4. The quantitative estimate of drug-likeness (QED) is 0.709. The Morgan fingerprint density at radius 3 is 2.53 bits per heavy atom. The molecule has 1 aliphatic carbocycles. The lowest BCUT2D eigenvalue weighted by molar-refractivity contribution is -0.134. The Kier molecular flexibility index (Phi) is 4.81. The van der Waals surface area contributed by atoms with Crippen LogP contribution in [0.25, 0.3) is 0 Å². The van der Waals surface area contributed by atoms with Crippen molar-refractivity contribution < 1.29 is 22.8 Å². The molecular formula is C23H23N3O5S. The van der Waals surface area contributed by atoms with Crippen LogP contribution in [0.3, 0.4) is 0 Å². The molecule has 9 heteroatoms. The number of aryl methyl sites for hydroxylation is 1. The fourth-order valence-electron chi connectivity index (χ4n) is 5.07. The molecule has 8 nitrogen and oxygen atoms in total.